The summed E-state index contributed by atoms with van der Waals surface area (Å²) in [5, 5.41) is 5.73. The molecule has 1 unspecified atom stereocenters. The molecule has 25 heavy (non-hydrogen) atoms. The Morgan fingerprint density at radius 3 is 2.92 bits per heavy atom. The summed E-state index contributed by atoms with van der Waals surface area (Å²) >= 11 is 0. The fraction of sp³-hybridized carbons (Fsp3) is 0.579. The van der Waals surface area contributed by atoms with Crippen LogP contribution >= 0.6 is 0 Å². The van der Waals surface area contributed by atoms with Crippen LogP contribution < -0.4 is 10.6 Å². The molecule has 1 fully saturated rings. The number of hydrogen-bond acceptors (Lipinski definition) is 4. The second-order valence-corrected chi connectivity index (χ2v) is 6.24. The SMILES string of the molecule is CCCC(=O)Nc1cccc(CNC(=O)CCOCC2CCCO2)c1. The van der Waals surface area contributed by atoms with Crippen LogP contribution in [0.15, 0.2) is 24.3 Å². The Balaban J connectivity index is 1.64. The van der Waals surface area contributed by atoms with Crippen molar-refractivity contribution in [3.8, 4) is 0 Å². The average molecular weight is 348 g/mol. The Labute approximate surface area is 149 Å². The first-order chi connectivity index (χ1) is 12.2. The summed E-state index contributed by atoms with van der Waals surface area (Å²) in [7, 11) is 0. The van der Waals surface area contributed by atoms with E-state index in [0.29, 0.717) is 32.6 Å². The lowest BCUT2D eigenvalue weighted by Crippen LogP contribution is -2.25. The van der Waals surface area contributed by atoms with Gasteiger partial charge in [0.05, 0.1) is 19.3 Å². The van der Waals surface area contributed by atoms with Gasteiger partial charge in [-0.1, -0.05) is 19.1 Å². The van der Waals surface area contributed by atoms with Crippen molar-refractivity contribution in [3.63, 3.8) is 0 Å². The minimum absolute atomic E-state index is 0.00655. The van der Waals surface area contributed by atoms with Gasteiger partial charge in [0.15, 0.2) is 0 Å². The van der Waals surface area contributed by atoms with Crippen LogP contribution in [0.2, 0.25) is 0 Å². The lowest BCUT2D eigenvalue weighted by atomic mass is 10.2. The number of benzene rings is 1. The van der Waals surface area contributed by atoms with Gasteiger partial charge >= 0.3 is 0 Å². The minimum atomic E-state index is -0.0484. The standard InChI is InChI=1S/C19H28N2O4/c1-2-5-19(23)21-16-7-3-6-15(12-16)13-20-18(22)9-11-24-14-17-8-4-10-25-17/h3,6-7,12,17H,2,4-5,8-11,13-14H2,1H3,(H,20,22)(H,21,23). The van der Waals surface area contributed by atoms with Gasteiger partial charge in [0, 0.05) is 31.7 Å². The van der Waals surface area contributed by atoms with E-state index in [2.05, 4.69) is 10.6 Å². The molecule has 6 heteroatoms. The normalized spacial score (nSPS) is 16.6. The van der Waals surface area contributed by atoms with Crippen LogP contribution in [0.25, 0.3) is 0 Å². The van der Waals surface area contributed by atoms with Crippen molar-refractivity contribution in [3.05, 3.63) is 29.8 Å². The predicted molar refractivity (Wildman–Crippen MR) is 96.2 cm³/mol. The van der Waals surface area contributed by atoms with Gasteiger partial charge in [0.25, 0.3) is 0 Å². The van der Waals surface area contributed by atoms with E-state index in [4.69, 9.17) is 9.47 Å². The molecule has 138 valence electrons. The second-order valence-electron chi connectivity index (χ2n) is 6.24. The quantitative estimate of drug-likeness (QED) is 0.637. The molecule has 0 aromatic heterocycles. The zero-order valence-corrected chi connectivity index (χ0v) is 14.9. The van der Waals surface area contributed by atoms with E-state index in [1.807, 2.05) is 31.2 Å². The summed E-state index contributed by atoms with van der Waals surface area (Å²) in [6.45, 7) is 4.18. The smallest absolute Gasteiger partial charge is 0.224 e. The molecule has 0 radical (unpaired) electrons. The van der Waals surface area contributed by atoms with Gasteiger partial charge in [-0.05, 0) is 37.0 Å². The number of amides is 2. The molecule has 1 saturated heterocycles. The summed E-state index contributed by atoms with van der Waals surface area (Å²) in [6.07, 6.45) is 3.97. The maximum Gasteiger partial charge on any atom is 0.224 e. The van der Waals surface area contributed by atoms with E-state index < -0.39 is 0 Å². The maximum atomic E-state index is 11.9. The molecule has 6 nitrogen and oxygen atoms in total. The van der Waals surface area contributed by atoms with Crippen LogP contribution in [-0.2, 0) is 25.6 Å². The van der Waals surface area contributed by atoms with Crippen LogP contribution in [0, 0.1) is 0 Å². The second kappa shape index (κ2) is 10.8. The van der Waals surface area contributed by atoms with Crippen LogP contribution in [0.1, 0.15) is 44.6 Å². The molecule has 1 aromatic rings. The third-order valence-electron chi connectivity index (χ3n) is 3.98. The van der Waals surface area contributed by atoms with Gasteiger partial charge < -0.3 is 20.1 Å². The van der Waals surface area contributed by atoms with E-state index in [1.165, 1.54) is 0 Å². The van der Waals surface area contributed by atoms with E-state index in [1.54, 1.807) is 0 Å². The van der Waals surface area contributed by atoms with Crippen LogP contribution in [0.4, 0.5) is 5.69 Å². The van der Waals surface area contributed by atoms with Gasteiger partial charge in [-0.2, -0.15) is 0 Å². The highest BCUT2D eigenvalue weighted by Gasteiger charge is 2.15. The van der Waals surface area contributed by atoms with Gasteiger partial charge in [0.1, 0.15) is 0 Å². The highest BCUT2D eigenvalue weighted by Crippen LogP contribution is 2.12. The third kappa shape index (κ3) is 7.67. The summed E-state index contributed by atoms with van der Waals surface area (Å²) in [5.41, 5.74) is 1.70. The zero-order valence-electron chi connectivity index (χ0n) is 14.9. The molecule has 0 bridgehead atoms. The highest BCUT2D eigenvalue weighted by atomic mass is 16.5. The Bertz CT molecular complexity index is 556. The molecular weight excluding hydrogens is 320 g/mol. The van der Waals surface area contributed by atoms with Gasteiger partial charge in [-0.25, -0.2) is 0 Å². The van der Waals surface area contributed by atoms with Crippen molar-refractivity contribution in [1.82, 2.24) is 5.32 Å². The van der Waals surface area contributed by atoms with E-state index >= 15 is 0 Å². The number of ether oxygens (including phenoxy) is 2. The summed E-state index contributed by atoms with van der Waals surface area (Å²) in [6, 6.07) is 7.51. The molecular formula is C19H28N2O4. The molecule has 1 aliphatic rings. The fourth-order valence-electron chi connectivity index (χ4n) is 2.65. The topological polar surface area (TPSA) is 76.7 Å². The fourth-order valence-corrected chi connectivity index (χ4v) is 2.65. The van der Waals surface area contributed by atoms with E-state index in [9.17, 15) is 9.59 Å². The van der Waals surface area contributed by atoms with Crippen LogP contribution in [0.5, 0.6) is 0 Å². The molecule has 1 aromatic carbocycles. The molecule has 0 aliphatic carbocycles. The molecule has 1 atom stereocenters. The van der Waals surface area contributed by atoms with Crippen molar-refractivity contribution in [2.45, 2.75) is 51.7 Å². The van der Waals surface area contributed by atoms with E-state index in [0.717, 1.165) is 37.1 Å². The number of carbonyl (C=O) groups is 2. The number of anilines is 1. The van der Waals surface area contributed by atoms with Crippen LogP contribution in [-0.4, -0.2) is 37.7 Å². The minimum Gasteiger partial charge on any atom is -0.378 e. The van der Waals surface area contributed by atoms with Crippen molar-refractivity contribution in [1.29, 1.82) is 0 Å². The summed E-state index contributed by atoms with van der Waals surface area (Å²) in [5.74, 6) is -0.0418. The first-order valence-electron chi connectivity index (χ1n) is 9.02. The number of nitrogens with one attached hydrogen (secondary N) is 2. The Morgan fingerprint density at radius 2 is 2.16 bits per heavy atom. The number of hydrogen-bond donors (Lipinski definition) is 2. The average Bonchev–Trinajstić information content (AvgIpc) is 3.11. The van der Waals surface area contributed by atoms with Crippen molar-refractivity contribution >= 4 is 17.5 Å². The first-order valence-corrected chi connectivity index (χ1v) is 9.02. The molecule has 1 heterocycles. The highest BCUT2D eigenvalue weighted by molar-refractivity contribution is 5.90. The zero-order chi connectivity index (χ0) is 17.9. The first kappa shape index (κ1) is 19.4. The number of rotatable bonds is 10. The number of carbonyl (C=O) groups excluding carboxylic acids is 2. The third-order valence-corrected chi connectivity index (χ3v) is 3.98. The summed E-state index contributed by atoms with van der Waals surface area (Å²) in [4.78, 5) is 23.5. The predicted octanol–water partition coefficient (Wildman–Crippen LogP) is 2.63. The Morgan fingerprint density at radius 1 is 1.28 bits per heavy atom. The molecule has 1 aliphatic heterocycles. The van der Waals surface area contributed by atoms with Crippen molar-refractivity contribution in [2.75, 3.05) is 25.1 Å². The van der Waals surface area contributed by atoms with Gasteiger partial charge in [0.2, 0.25) is 11.8 Å². The van der Waals surface area contributed by atoms with Crippen molar-refractivity contribution < 1.29 is 19.1 Å². The Kier molecular flexibility index (Phi) is 8.42. The van der Waals surface area contributed by atoms with Crippen molar-refractivity contribution in [2.24, 2.45) is 0 Å². The largest absolute Gasteiger partial charge is 0.378 e. The molecule has 2 rings (SSSR count). The molecule has 0 spiro atoms. The molecule has 0 saturated carbocycles. The van der Waals surface area contributed by atoms with Gasteiger partial charge in [-0.15, -0.1) is 0 Å². The lowest BCUT2D eigenvalue weighted by Gasteiger charge is -2.10. The van der Waals surface area contributed by atoms with Crippen LogP contribution in [0.3, 0.4) is 0 Å². The van der Waals surface area contributed by atoms with E-state index in [-0.39, 0.29) is 17.9 Å². The maximum absolute atomic E-state index is 11.9. The monoisotopic (exact) mass is 348 g/mol. The lowest BCUT2D eigenvalue weighted by molar-refractivity contribution is -0.122. The summed E-state index contributed by atoms with van der Waals surface area (Å²) < 4.78 is 11.0. The van der Waals surface area contributed by atoms with Gasteiger partial charge in [-0.3, -0.25) is 9.59 Å². The Hall–Kier alpha value is -1.92. The molecule has 2 amide bonds. The molecule has 2 N–H and O–H groups in total.